The van der Waals surface area contributed by atoms with Gasteiger partial charge in [0.25, 0.3) is 0 Å². The molecule has 1 aromatic carbocycles. The zero-order valence-electron chi connectivity index (χ0n) is 11.7. The predicted octanol–water partition coefficient (Wildman–Crippen LogP) is 5.03. The summed E-state index contributed by atoms with van der Waals surface area (Å²) >= 11 is 8.25. The van der Waals surface area contributed by atoms with Gasteiger partial charge >= 0.3 is 0 Å². The van der Waals surface area contributed by atoms with E-state index in [1.165, 1.54) is 9.09 Å². The molecule has 0 saturated carbocycles. The highest BCUT2D eigenvalue weighted by Crippen LogP contribution is 2.27. The predicted molar refractivity (Wildman–Crippen MR) is 91.0 cm³/mol. The molecule has 104 valence electrons. The fourth-order valence-electron chi connectivity index (χ4n) is 2.66. The molecule has 0 bridgehead atoms. The molecule has 0 radical (unpaired) electrons. The van der Waals surface area contributed by atoms with Gasteiger partial charge < -0.3 is 4.57 Å². The number of rotatable bonds is 5. The third kappa shape index (κ3) is 3.43. The molecular weight excluding hydrogens is 371 g/mol. The van der Waals surface area contributed by atoms with Crippen LogP contribution in [0.2, 0.25) is 0 Å². The van der Waals surface area contributed by atoms with Crippen molar-refractivity contribution in [1.82, 2.24) is 9.55 Å². The van der Waals surface area contributed by atoms with Gasteiger partial charge in [0.05, 0.1) is 11.0 Å². The van der Waals surface area contributed by atoms with Crippen molar-refractivity contribution in [3.63, 3.8) is 0 Å². The summed E-state index contributed by atoms with van der Waals surface area (Å²) < 4.78 is 3.59. The topological polar surface area (TPSA) is 17.8 Å². The second-order valence-corrected chi connectivity index (χ2v) is 7.07. The Bertz CT molecular complexity index is 563. The minimum absolute atomic E-state index is 0.461. The largest absolute Gasteiger partial charge is 0.325 e. The van der Waals surface area contributed by atoms with E-state index >= 15 is 0 Å². The van der Waals surface area contributed by atoms with Crippen molar-refractivity contribution < 1.29 is 0 Å². The van der Waals surface area contributed by atoms with Gasteiger partial charge in [-0.15, -0.1) is 11.6 Å². The number of halogens is 2. The zero-order valence-corrected chi connectivity index (χ0v) is 14.6. The first-order valence-electron chi connectivity index (χ1n) is 6.75. The van der Waals surface area contributed by atoms with Crippen LogP contribution in [0.4, 0.5) is 0 Å². The Balaban J connectivity index is 2.51. The molecule has 0 aliphatic heterocycles. The molecule has 1 aromatic heterocycles. The lowest BCUT2D eigenvalue weighted by molar-refractivity contribution is 0.426. The van der Waals surface area contributed by atoms with Crippen molar-refractivity contribution >= 4 is 45.2 Å². The number of aromatic nitrogens is 2. The van der Waals surface area contributed by atoms with Gasteiger partial charge in [-0.2, -0.15) is 0 Å². The molecule has 1 heterocycles. The van der Waals surface area contributed by atoms with Crippen LogP contribution in [-0.4, -0.2) is 15.4 Å². The first-order valence-corrected chi connectivity index (χ1v) is 8.36. The van der Waals surface area contributed by atoms with Crippen LogP contribution in [0.5, 0.6) is 0 Å². The third-order valence-electron chi connectivity index (χ3n) is 3.30. The van der Waals surface area contributed by atoms with E-state index in [0.717, 1.165) is 24.2 Å². The maximum Gasteiger partial charge on any atom is 0.111 e. The SMILES string of the molecule is CC(C)CC(C)n1c(CCCl)nc2cc(I)ccc21. The van der Waals surface area contributed by atoms with Crippen LogP contribution in [0.25, 0.3) is 11.0 Å². The standard InChI is InChI=1S/C15H20ClIN2/c1-10(2)8-11(3)19-14-5-4-12(17)9-13(14)18-15(19)6-7-16/h4-5,9-11H,6-8H2,1-3H3. The first kappa shape index (κ1) is 15.1. The Hall–Kier alpha value is -0.290. The van der Waals surface area contributed by atoms with Crippen molar-refractivity contribution in [2.75, 3.05) is 5.88 Å². The van der Waals surface area contributed by atoms with E-state index in [1.54, 1.807) is 0 Å². The van der Waals surface area contributed by atoms with E-state index in [0.29, 0.717) is 17.8 Å². The van der Waals surface area contributed by atoms with Gasteiger partial charge in [-0.05, 0) is 60.1 Å². The number of alkyl halides is 1. The molecule has 1 atom stereocenters. The van der Waals surface area contributed by atoms with E-state index in [1.807, 2.05) is 0 Å². The minimum atomic E-state index is 0.461. The third-order valence-corrected chi connectivity index (χ3v) is 4.16. The van der Waals surface area contributed by atoms with Crippen molar-refractivity contribution in [3.05, 3.63) is 27.6 Å². The maximum atomic E-state index is 5.92. The van der Waals surface area contributed by atoms with Gasteiger partial charge in [0, 0.05) is 21.9 Å². The maximum absolute atomic E-state index is 5.92. The van der Waals surface area contributed by atoms with Gasteiger partial charge in [0.15, 0.2) is 0 Å². The van der Waals surface area contributed by atoms with Crippen LogP contribution >= 0.6 is 34.2 Å². The Morgan fingerprint density at radius 2 is 2.05 bits per heavy atom. The second-order valence-electron chi connectivity index (χ2n) is 5.45. The lowest BCUT2D eigenvalue weighted by Gasteiger charge is -2.19. The lowest BCUT2D eigenvalue weighted by atomic mass is 10.0. The van der Waals surface area contributed by atoms with E-state index in [9.17, 15) is 0 Å². The molecule has 2 nitrogen and oxygen atoms in total. The Labute approximate surface area is 133 Å². The van der Waals surface area contributed by atoms with Crippen LogP contribution in [0.3, 0.4) is 0 Å². The molecule has 2 rings (SSSR count). The zero-order chi connectivity index (χ0) is 14.0. The smallest absolute Gasteiger partial charge is 0.111 e. The lowest BCUT2D eigenvalue weighted by Crippen LogP contribution is -2.12. The molecule has 0 amide bonds. The molecule has 4 heteroatoms. The number of hydrogen-bond acceptors (Lipinski definition) is 1. The van der Waals surface area contributed by atoms with Crippen LogP contribution in [0.15, 0.2) is 18.2 Å². The Kier molecular flexibility index (Phi) is 5.12. The van der Waals surface area contributed by atoms with E-state index in [4.69, 9.17) is 16.6 Å². The summed E-state index contributed by atoms with van der Waals surface area (Å²) in [6, 6.07) is 6.93. The van der Waals surface area contributed by atoms with Crippen LogP contribution in [0.1, 0.15) is 39.1 Å². The van der Waals surface area contributed by atoms with E-state index in [-0.39, 0.29) is 0 Å². The normalized spacial score (nSPS) is 13.4. The molecule has 0 spiro atoms. The molecule has 1 unspecified atom stereocenters. The average molecular weight is 391 g/mol. The van der Waals surface area contributed by atoms with Gasteiger partial charge in [0.1, 0.15) is 5.82 Å². The first-order chi connectivity index (χ1) is 9.02. The Morgan fingerprint density at radius 1 is 1.32 bits per heavy atom. The van der Waals surface area contributed by atoms with Crippen LogP contribution in [0, 0.1) is 9.49 Å². The molecule has 0 fully saturated rings. The summed E-state index contributed by atoms with van der Waals surface area (Å²) in [7, 11) is 0. The number of aryl methyl sites for hydroxylation is 1. The molecular formula is C15H20ClIN2. The molecule has 19 heavy (non-hydrogen) atoms. The monoisotopic (exact) mass is 390 g/mol. The summed E-state index contributed by atoms with van der Waals surface area (Å²) in [4.78, 5) is 4.77. The summed E-state index contributed by atoms with van der Waals surface area (Å²) in [6.45, 7) is 6.80. The Morgan fingerprint density at radius 3 is 2.68 bits per heavy atom. The van der Waals surface area contributed by atoms with Gasteiger partial charge in [0.2, 0.25) is 0 Å². The van der Waals surface area contributed by atoms with E-state index < -0.39 is 0 Å². The number of imidazole rings is 1. The van der Waals surface area contributed by atoms with Crippen LogP contribution in [-0.2, 0) is 6.42 Å². The van der Waals surface area contributed by atoms with Gasteiger partial charge in [-0.3, -0.25) is 0 Å². The fourth-order valence-corrected chi connectivity index (χ4v) is 3.31. The summed E-state index contributed by atoms with van der Waals surface area (Å²) in [5, 5.41) is 0. The summed E-state index contributed by atoms with van der Waals surface area (Å²) in [5.41, 5.74) is 2.32. The number of hydrogen-bond donors (Lipinski definition) is 0. The molecule has 0 N–H and O–H groups in total. The molecule has 2 aromatic rings. The quantitative estimate of drug-likeness (QED) is 0.517. The van der Waals surface area contributed by atoms with Gasteiger partial charge in [-0.1, -0.05) is 13.8 Å². The van der Waals surface area contributed by atoms with Crippen molar-refractivity contribution in [1.29, 1.82) is 0 Å². The fraction of sp³-hybridized carbons (Fsp3) is 0.533. The highest BCUT2D eigenvalue weighted by Gasteiger charge is 2.16. The molecule has 0 aliphatic carbocycles. The van der Waals surface area contributed by atoms with Crippen molar-refractivity contribution in [3.8, 4) is 0 Å². The van der Waals surface area contributed by atoms with Gasteiger partial charge in [-0.25, -0.2) is 4.98 Å². The number of benzene rings is 1. The summed E-state index contributed by atoms with van der Waals surface area (Å²) in [6.07, 6.45) is 1.99. The number of fused-ring (bicyclic) bond motifs is 1. The van der Waals surface area contributed by atoms with Crippen molar-refractivity contribution in [2.24, 2.45) is 5.92 Å². The number of nitrogens with zero attached hydrogens (tertiary/aromatic N) is 2. The minimum Gasteiger partial charge on any atom is -0.325 e. The average Bonchev–Trinajstić information content (AvgIpc) is 2.65. The van der Waals surface area contributed by atoms with Crippen molar-refractivity contribution in [2.45, 2.75) is 39.7 Å². The summed E-state index contributed by atoms with van der Waals surface area (Å²) in [5.74, 6) is 2.41. The highest BCUT2D eigenvalue weighted by molar-refractivity contribution is 14.1. The van der Waals surface area contributed by atoms with E-state index in [2.05, 4.69) is 66.1 Å². The highest BCUT2D eigenvalue weighted by atomic mass is 127. The molecule has 0 aliphatic rings. The van der Waals surface area contributed by atoms with Crippen LogP contribution < -0.4 is 0 Å². The molecule has 0 saturated heterocycles. The second kappa shape index (κ2) is 6.44.